The first-order valence-electron chi connectivity index (χ1n) is 8.41. The zero-order valence-corrected chi connectivity index (χ0v) is 14.6. The summed E-state index contributed by atoms with van der Waals surface area (Å²) in [6.07, 6.45) is 2.30. The number of anilines is 2. The molecule has 3 rings (SSSR count). The minimum atomic E-state index is -0.219. The molecule has 0 aliphatic rings. The monoisotopic (exact) mass is 352 g/mol. The van der Waals surface area contributed by atoms with E-state index in [9.17, 15) is 4.39 Å². The summed E-state index contributed by atoms with van der Waals surface area (Å²) in [4.78, 5) is 8.47. The Balaban J connectivity index is 1.53. The molecular formula is C20H21FN4O. The summed E-state index contributed by atoms with van der Waals surface area (Å²) >= 11 is 0. The molecule has 0 bridgehead atoms. The molecule has 2 N–H and O–H groups in total. The summed E-state index contributed by atoms with van der Waals surface area (Å²) in [6, 6.07) is 16.2. The molecule has 1 aromatic heterocycles. The Morgan fingerprint density at radius 2 is 1.69 bits per heavy atom. The van der Waals surface area contributed by atoms with E-state index in [-0.39, 0.29) is 5.82 Å². The van der Waals surface area contributed by atoms with E-state index in [0.29, 0.717) is 13.1 Å². The molecule has 0 radical (unpaired) electrons. The molecule has 0 atom stereocenters. The summed E-state index contributed by atoms with van der Waals surface area (Å²) in [5.41, 5.74) is 2.13. The SMILES string of the molecule is COc1ccccc1CNc1cc(NCCc2ccc(F)cc2)ncn1. The Morgan fingerprint density at radius 1 is 0.962 bits per heavy atom. The molecule has 3 aromatic rings. The molecule has 6 heteroatoms. The van der Waals surface area contributed by atoms with Crippen LogP contribution in [0.4, 0.5) is 16.0 Å². The van der Waals surface area contributed by atoms with E-state index in [1.165, 1.54) is 18.5 Å². The van der Waals surface area contributed by atoms with Crippen LogP contribution >= 0.6 is 0 Å². The lowest BCUT2D eigenvalue weighted by Crippen LogP contribution is -2.08. The second kappa shape index (κ2) is 8.80. The minimum Gasteiger partial charge on any atom is -0.496 e. The van der Waals surface area contributed by atoms with Crippen molar-refractivity contribution in [1.82, 2.24) is 9.97 Å². The number of nitrogens with zero attached hydrogens (tertiary/aromatic N) is 2. The Bertz CT molecular complexity index is 839. The van der Waals surface area contributed by atoms with Gasteiger partial charge in [0.05, 0.1) is 7.11 Å². The molecule has 0 unspecified atom stereocenters. The van der Waals surface area contributed by atoms with Crippen LogP contribution in [0.15, 0.2) is 60.9 Å². The Morgan fingerprint density at radius 3 is 2.46 bits per heavy atom. The fourth-order valence-electron chi connectivity index (χ4n) is 2.57. The number of ether oxygens (including phenoxy) is 1. The highest BCUT2D eigenvalue weighted by Crippen LogP contribution is 2.19. The van der Waals surface area contributed by atoms with Gasteiger partial charge in [-0.15, -0.1) is 0 Å². The predicted molar refractivity (Wildman–Crippen MR) is 101 cm³/mol. The highest BCUT2D eigenvalue weighted by molar-refractivity contribution is 5.47. The van der Waals surface area contributed by atoms with Gasteiger partial charge in [0.25, 0.3) is 0 Å². The predicted octanol–water partition coefficient (Wildman–Crippen LogP) is 3.89. The van der Waals surface area contributed by atoms with Crippen LogP contribution in [0.5, 0.6) is 5.75 Å². The average Bonchev–Trinajstić information content (AvgIpc) is 2.68. The maximum Gasteiger partial charge on any atom is 0.131 e. The summed E-state index contributed by atoms with van der Waals surface area (Å²) in [7, 11) is 1.66. The maximum absolute atomic E-state index is 12.9. The van der Waals surface area contributed by atoms with E-state index in [2.05, 4.69) is 20.6 Å². The number of aromatic nitrogens is 2. The Kier molecular flexibility index (Phi) is 5.98. The zero-order chi connectivity index (χ0) is 18.2. The van der Waals surface area contributed by atoms with Crippen LogP contribution in [0.1, 0.15) is 11.1 Å². The van der Waals surface area contributed by atoms with Crippen molar-refractivity contribution in [2.45, 2.75) is 13.0 Å². The van der Waals surface area contributed by atoms with Gasteiger partial charge >= 0.3 is 0 Å². The first-order valence-corrected chi connectivity index (χ1v) is 8.41. The van der Waals surface area contributed by atoms with Gasteiger partial charge in [0.2, 0.25) is 0 Å². The number of hydrogen-bond donors (Lipinski definition) is 2. The number of nitrogens with one attached hydrogen (secondary N) is 2. The molecule has 0 spiro atoms. The first-order chi connectivity index (χ1) is 12.7. The fraction of sp³-hybridized carbons (Fsp3) is 0.200. The lowest BCUT2D eigenvalue weighted by molar-refractivity contribution is 0.410. The molecule has 0 amide bonds. The second-order valence-corrected chi connectivity index (χ2v) is 5.76. The van der Waals surface area contributed by atoms with Crippen molar-refractivity contribution < 1.29 is 9.13 Å². The Labute approximate surface area is 152 Å². The van der Waals surface area contributed by atoms with Crippen molar-refractivity contribution >= 4 is 11.6 Å². The fourth-order valence-corrected chi connectivity index (χ4v) is 2.57. The van der Waals surface area contributed by atoms with Crippen LogP contribution in [-0.2, 0) is 13.0 Å². The van der Waals surface area contributed by atoms with E-state index in [4.69, 9.17) is 4.74 Å². The molecule has 134 valence electrons. The second-order valence-electron chi connectivity index (χ2n) is 5.76. The van der Waals surface area contributed by atoms with Crippen molar-refractivity contribution in [1.29, 1.82) is 0 Å². The number of halogens is 1. The van der Waals surface area contributed by atoms with Gasteiger partial charge in [-0.25, -0.2) is 14.4 Å². The minimum absolute atomic E-state index is 0.219. The number of benzene rings is 2. The molecular weight excluding hydrogens is 331 g/mol. The van der Waals surface area contributed by atoms with Crippen LogP contribution in [0.2, 0.25) is 0 Å². The van der Waals surface area contributed by atoms with Gasteiger partial charge in [0, 0.05) is 24.7 Å². The van der Waals surface area contributed by atoms with Gasteiger partial charge in [0.15, 0.2) is 0 Å². The van der Waals surface area contributed by atoms with Gasteiger partial charge in [-0.3, -0.25) is 0 Å². The quantitative estimate of drug-likeness (QED) is 0.644. The van der Waals surface area contributed by atoms with Gasteiger partial charge in [-0.05, 0) is 30.2 Å². The summed E-state index contributed by atoms with van der Waals surface area (Å²) in [5.74, 6) is 2.09. The molecule has 0 saturated heterocycles. The van der Waals surface area contributed by atoms with E-state index >= 15 is 0 Å². The maximum atomic E-state index is 12.9. The van der Waals surface area contributed by atoms with Gasteiger partial charge in [-0.2, -0.15) is 0 Å². The molecule has 2 aromatic carbocycles. The molecule has 26 heavy (non-hydrogen) atoms. The van der Waals surface area contributed by atoms with Crippen LogP contribution in [0.25, 0.3) is 0 Å². The molecule has 5 nitrogen and oxygen atoms in total. The van der Waals surface area contributed by atoms with Gasteiger partial charge in [-0.1, -0.05) is 30.3 Å². The number of para-hydroxylation sites is 1. The van der Waals surface area contributed by atoms with Gasteiger partial charge < -0.3 is 15.4 Å². The lowest BCUT2D eigenvalue weighted by atomic mass is 10.1. The van der Waals surface area contributed by atoms with Gasteiger partial charge in [0.1, 0.15) is 29.5 Å². The standard InChI is InChI=1S/C20H21FN4O/c1-26-18-5-3-2-4-16(18)13-23-20-12-19(24-14-25-20)22-11-10-15-6-8-17(21)9-7-15/h2-9,12,14H,10-11,13H2,1H3,(H2,22,23,24,25). The Hall–Kier alpha value is -3.15. The normalized spacial score (nSPS) is 10.4. The highest BCUT2D eigenvalue weighted by atomic mass is 19.1. The number of rotatable bonds is 8. The van der Waals surface area contributed by atoms with E-state index < -0.39 is 0 Å². The summed E-state index contributed by atoms with van der Waals surface area (Å²) in [6.45, 7) is 1.31. The van der Waals surface area contributed by atoms with Crippen LogP contribution in [0.3, 0.4) is 0 Å². The van der Waals surface area contributed by atoms with Crippen molar-refractivity contribution in [2.75, 3.05) is 24.3 Å². The number of hydrogen-bond acceptors (Lipinski definition) is 5. The van der Waals surface area contributed by atoms with Crippen molar-refractivity contribution in [2.24, 2.45) is 0 Å². The number of methoxy groups -OCH3 is 1. The van der Waals surface area contributed by atoms with E-state index in [1.807, 2.05) is 30.3 Å². The van der Waals surface area contributed by atoms with Crippen LogP contribution in [0, 0.1) is 5.82 Å². The van der Waals surface area contributed by atoms with E-state index in [1.54, 1.807) is 19.2 Å². The molecule has 1 heterocycles. The summed E-state index contributed by atoms with van der Waals surface area (Å²) < 4.78 is 18.3. The first kappa shape index (κ1) is 17.7. The molecule has 0 saturated carbocycles. The zero-order valence-electron chi connectivity index (χ0n) is 14.6. The molecule has 0 aliphatic heterocycles. The highest BCUT2D eigenvalue weighted by Gasteiger charge is 2.03. The lowest BCUT2D eigenvalue weighted by Gasteiger charge is -2.11. The topological polar surface area (TPSA) is 59.1 Å². The average molecular weight is 352 g/mol. The third-order valence-corrected chi connectivity index (χ3v) is 3.95. The van der Waals surface area contributed by atoms with E-state index in [0.717, 1.165) is 34.9 Å². The third kappa shape index (κ3) is 4.92. The summed E-state index contributed by atoms with van der Waals surface area (Å²) in [5, 5.41) is 6.54. The van der Waals surface area contributed by atoms with Crippen molar-refractivity contribution in [3.63, 3.8) is 0 Å². The largest absolute Gasteiger partial charge is 0.496 e. The van der Waals surface area contributed by atoms with Crippen LogP contribution in [-0.4, -0.2) is 23.6 Å². The van der Waals surface area contributed by atoms with Crippen molar-refractivity contribution in [3.8, 4) is 5.75 Å². The molecule has 0 fully saturated rings. The van der Waals surface area contributed by atoms with Crippen molar-refractivity contribution in [3.05, 3.63) is 77.9 Å². The molecule has 0 aliphatic carbocycles. The smallest absolute Gasteiger partial charge is 0.131 e. The van der Waals surface area contributed by atoms with Crippen LogP contribution < -0.4 is 15.4 Å². The third-order valence-electron chi connectivity index (χ3n) is 3.95.